The lowest BCUT2D eigenvalue weighted by Crippen LogP contribution is -2.18. The molecule has 1 aromatic carbocycles. The van der Waals surface area contributed by atoms with Gasteiger partial charge in [0.2, 0.25) is 5.82 Å². The van der Waals surface area contributed by atoms with E-state index in [1.54, 1.807) is 18.3 Å². The van der Waals surface area contributed by atoms with Crippen LogP contribution >= 0.6 is 0 Å². The number of anilines is 1. The van der Waals surface area contributed by atoms with Crippen molar-refractivity contribution >= 4 is 5.82 Å². The lowest BCUT2D eigenvalue weighted by molar-refractivity contribution is 0.120. The van der Waals surface area contributed by atoms with Crippen LogP contribution in [0.3, 0.4) is 0 Å². The summed E-state index contributed by atoms with van der Waals surface area (Å²) in [5.74, 6) is 1.11. The molecule has 0 spiro atoms. The van der Waals surface area contributed by atoms with Crippen molar-refractivity contribution in [2.75, 3.05) is 18.5 Å². The highest BCUT2D eigenvalue weighted by molar-refractivity contribution is 5.60. The Morgan fingerprint density at radius 2 is 2.16 bits per heavy atom. The van der Waals surface area contributed by atoms with E-state index in [1.807, 2.05) is 12.1 Å². The summed E-state index contributed by atoms with van der Waals surface area (Å²) in [6.45, 7) is 1.58. The van der Waals surface area contributed by atoms with Gasteiger partial charge in [0.05, 0.1) is 11.7 Å². The molecule has 4 rings (SSSR count). The van der Waals surface area contributed by atoms with E-state index < -0.39 is 0 Å². The molecule has 1 atom stereocenters. The predicted molar refractivity (Wildman–Crippen MR) is 90.4 cm³/mol. The summed E-state index contributed by atoms with van der Waals surface area (Å²) in [6.07, 6.45) is 4.12. The van der Waals surface area contributed by atoms with Crippen LogP contribution in [0.2, 0.25) is 0 Å². The predicted octanol–water partition coefficient (Wildman–Crippen LogP) is 3.53. The number of halogens is 1. The molecule has 3 aromatic rings. The second-order valence-electron chi connectivity index (χ2n) is 5.88. The first-order chi connectivity index (χ1) is 12.3. The van der Waals surface area contributed by atoms with Crippen molar-refractivity contribution in [3.8, 4) is 22.8 Å². The SMILES string of the molecule is Fc1cccc(-c2noc(-c3ccc(NC[C@H]4CCCO4)nc3)n2)c1. The highest BCUT2D eigenvalue weighted by atomic mass is 19.1. The molecule has 0 unspecified atom stereocenters. The van der Waals surface area contributed by atoms with E-state index in [0.717, 1.165) is 31.8 Å². The van der Waals surface area contributed by atoms with Crippen molar-refractivity contribution in [2.45, 2.75) is 18.9 Å². The van der Waals surface area contributed by atoms with Crippen molar-refractivity contribution < 1.29 is 13.7 Å². The smallest absolute Gasteiger partial charge is 0.259 e. The highest BCUT2D eigenvalue weighted by Crippen LogP contribution is 2.23. The normalized spacial score (nSPS) is 16.9. The van der Waals surface area contributed by atoms with Gasteiger partial charge < -0.3 is 14.6 Å². The van der Waals surface area contributed by atoms with Crippen molar-refractivity contribution in [1.29, 1.82) is 0 Å². The van der Waals surface area contributed by atoms with E-state index in [0.29, 0.717) is 22.8 Å². The van der Waals surface area contributed by atoms with Crippen LogP contribution in [-0.2, 0) is 4.74 Å². The monoisotopic (exact) mass is 340 g/mol. The van der Waals surface area contributed by atoms with E-state index in [2.05, 4.69) is 20.4 Å². The summed E-state index contributed by atoms with van der Waals surface area (Å²) in [6, 6.07) is 9.79. The molecular formula is C18H17FN4O2. The van der Waals surface area contributed by atoms with E-state index in [9.17, 15) is 4.39 Å². The van der Waals surface area contributed by atoms with E-state index in [-0.39, 0.29) is 11.9 Å². The fourth-order valence-corrected chi connectivity index (χ4v) is 2.73. The molecule has 1 saturated heterocycles. The first kappa shape index (κ1) is 15.7. The zero-order chi connectivity index (χ0) is 17.1. The zero-order valence-electron chi connectivity index (χ0n) is 13.5. The lowest BCUT2D eigenvalue weighted by atomic mass is 10.2. The maximum atomic E-state index is 13.3. The standard InChI is InChI=1S/C18H17FN4O2/c19-14-4-1-3-12(9-14)17-22-18(25-23-17)13-6-7-16(20-10-13)21-11-15-5-2-8-24-15/h1,3-4,6-7,9-10,15H,2,5,8,11H2,(H,20,21)/t15-/m1/s1. The van der Waals surface area contributed by atoms with Gasteiger partial charge in [0.25, 0.3) is 5.89 Å². The van der Waals surface area contributed by atoms with E-state index in [4.69, 9.17) is 9.26 Å². The fourth-order valence-electron chi connectivity index (χ4n) is 2.73. The lowest BCUT2D eigenvalue weighted by Gasteiger charge is -2.11. The second kappa shape index (κ2) is 6.98. The third kappa shape index (κ3) is 3.66. The maximum absolute atomic E-state index is 13.3. The fraction of sp³-hybridized carbons (Fsp3) is 0.278. The van der Waals surface area contributed by atoms with E-state index >= 15 is 0 Å². The molecule has 1 aliphatic heterocycles. The van der Waals surface area contributed by atoms with Crippen LogP contribution in [-0.4, -0.2) is 34.4 Å². The van der Waals surface area contributed by atoms with Crippen molar-refractivity contribution in [3.63, 3.8) is 0 Å². The molecule has 25 heavy (non-hydrogen) atoms. The van der Waals surface area contributed by atoms with Crippen LogP contribution in [0, 0.1) is 5.82 Å². The molecule has 2 aromatic heterocycles. The van der Waals surface area contributed by atoms with Gasteiger partial charge in [0.15, 0.2) is 0 Å². The van der Waals surface area contributed by atoms with Crippen LogP contribution in [0.5, 0.6) is 0 Å². The first-order valence-electron chi connectivity index (χ1n) is 8.19. The molecule has 3 heterocycles. The number of benzene rings is 1. The Balaban J connectivity index is 1.45. The molecule has 0 amide bonds. The highest BCUT2D eigenvalue weighted by Gasteiger charge is 2.15. The molecular weight excluding hydrogens is 323 g/mol. The number of hydrogen-bond acceptors (Lipinski definition) is 6. The molecule has 7 heteroatoms. The topological polar surface area (TPSA) is 73.1 Å². The average molecular weight is 340 g/mol. The summed E-state index contributed by atoms with van der Waals surface area (Å²) >= 11 is 0. The molecule has 128 valence electrons. The second-order valence-corrected chi connectivity index (χ2v) is 5.88. The van der Waals surface area contributed by atoms with Crippen molar-refractivity contribution in [2.24, 2.45) is 0 Å². The van der Waals surface area contributed by atoms with Crippen LogP contribution in [0.4, 0.5) is 10.2 Å². The van der Waals surface area contributed by atoms with Gasteiger partial charge in [-0.25, -0.2) is 9.37 Å². The molecule has 1 N–H and O–H groups in total. The first-order valence-corrected chi connectivity index (χ1v) is 8.19. The Hall–Kier alpha value is -2.80. The number of hydrogen-bond donors (Lipinski definition) is 1. The minimum atomic E-state index is -0.341. The minimum Gasteiger partial charge on any atom is -0.376 e. The van der Waals surface area contributed by atoms with Crippen LogP contribution < -0.4 is 5.32 Å². The van der Waals surface area contributed by atoms with Crippen LogP contribution in [0.15, 0.2) is 47.1 Å². The molecule has 0 bridgehead atoms. The van der Waals surface area contributed by atoms with Crippen molar-refractivity contribution in [3.05, 3.63) is 48.4 Å². The number of nitrogens with zero attached hydrogens (tertiary/aromatic N) is 3. The van der Waals surface area contributed by atoms with Gasteiger partial charge in [0, 0.05) is 24.9 Å². The Labute approximate surface area is 144 Å². The molecule has 6 nitrogen and oxygen atoms in total. The number of ether oxygens (including phenoxy) is 1. The molecule has 0 aliphatic carbocycles. The molecule has 0 radical (unpaired) electrons. The average Bonchev–Trinajstić information content (AvgIpc) is 3.32. The third-order valence-corrected chi connectivity index (χ3v) is 4.05. The quantitative estimate of drug-likeness (QED) is 0.766. The number of pyridine rings is 1. The number of aromatic nitrogens is 3. The minimum absolute atomic E-state index is 0.256. The number of nitrogens with one attached hydrogen (secondary N) is 1. The van der Waals surface area contributed by atoms with Crippen LogP contribution in [0.25, 0.3) is 22.8 Å². The number of rotatable bonds is 5. The van der Waals surface area contributed by atoms with Gasteiger partial charge in [-0.1, -0.05) is 17.3 Å². The van der Waals surface area contributed by atoms with Gasteiger partial charge in [-0.2, -0.15) is 4.98 Å². The summed E-state index contributed by atoms with van der Waals surface area (Å²) in [5, 5.41) is 7.16. The Morgan fingerprint density at radius 3 is 2.92 bits per heavy atom. The third-order valence-electron chi connectivity index (χ3n) is 4.05. The van der Waals surface area contributed by atoms with Crippen LogP contribution in [0.1, 0.15) is 12.8 Å². The molecule has 1 fully saturated rings. The van der Waals surface area contributed by atoms with Gasteiger partial charge in [-0.05, 0) is 37.1 Å². The van der Waals surface area contributed by atoms with Gasteiger partial charge in [-0.3, -0.25) is 0 Å². The molecule has 0 saturated carbocycles. The Bertz CT molecular complexity index is 844. The van der Waals surface area contributed by atoms with Gasteiger partial charge in [-0.15, -0.1) is 0 Å². The Morgan fingerprint density at radius 1 is 1.20 bits per heavy atom. The Kier molecular flexibility index (Phi) is 4.39. The van der Waals surface area contributed by atoms with Gasteiger partial charge in [0.1, 0.15) is 11.6 Å². The summed E-state index contributed by atoms with van der Waals surface area (Å²) in [5.41, 5.74) is 1.27. The van der Waals surface area contributed by atoms with Gasteiger partial charge >= 0.3 is 0 Å². The summed E-state index contributed by atoms with van der Waals surface area (Å²) < 4.78 is 24.1. The largest absolute Gasteiger partial charge is 0.376 e. The maximum Gasteiger partial charge on any atom is 0.259 e. The van der Waals surface area contributed by atoms with Crippen molar-refractivity contribution in [1.82, 2.24) is 15.1 Å². The summed E-state index contributed by atoms with van der Waals surface area (Å²) in [4.78, 5) is 8.66. The molecule has 1 aliphatic rings. The van der Waals surface area contributed by atoms with E-state index in [1.165, 1.54) is 12.1 Å². The summed E-state index contributed by atoms with van der Waals surface area (Å²) in [7, 11) is 0. The zero-order valence-corrected chi connectivity index (χ0v) is 13.5.